The first-order valence-electron chi connectivity index (χ1n) is 18.6. The van der Waals surface area contributed by atoms with Gasteiger partial charge in [-0.15, -0.1) is 0 Å². The standard InChI is InChI=1S/C48H43BN4/c1-47(2,3)32-24-26-36-44(30-32)52(40-20-9-7-16-34(40)38-18-11-13-28-50-38)42-22-15-23-43-46(42)49(36)37-27-25-33(48(4,5)6)31-45(37)53(43)41-21-10-8-17-35(41)39-19-12-14-29-51-39/h7-31H,1-6H3. The summed E-state index contributed by atoms with van der Waals surface area (Å²) in [4.78, 5) is 14.7. The molecule has 0 spiro atoms. The lowest BCUT2D eigenvalue weighted by atomic mass is 9.33. The highest BCUT2D eigenvalue weighted by Crippen LogP contribution is 2.48. The molecule has 2 aliphatic heterocycles. The van der Waals surface area contributed by atoms with Crippen molar-refractivity contribution < 1.29 is 0 Å². The molecule has 2 aliphatic rings. The van der Waals surface area contributed by atoms with E-state index >= 15 is 0 Å². The molecule has 5 heteroatoms. The molecule has 0 fully saturated rings. The maximum atomic E-state index is 4.84. The number of pyridine rings is 2. The average molecular weight is 687 g/mol. The number of benzene rings is 5. The van der Waals surface area contributed by atoms with Crippen molar-refractivity contribution in [2.75, 3.05) is 9.80 Å². The summed E-state index contributed by atoms with van der Waals surface area (Å²) in [5.41, 5.74) is 17.6. The van der Waals surface area contributed by atoms with E-state index in [1.807, 2.05) is 24.5 Å². The average Bonchev–Trinajstić information content (AvgIpc) is 3.17. The van der Waals surface area contributed by atoms with Crippen LogP contribution in [0.2, 0.25) is 0 Å². The number of aromatic nitrogens is 2. The summed E-state index contributed by atoms with van der Waals surface area (Å²) >= 11 is 0. The lowest BCUT2D eigenvalue weighted by molar-refractivity contribution is 0.590. The van der Waals surface area contributed by atoms with Gasteiger partial charge in [0, 0.05) is 46.3 Å². The van der Waals surface area contributed by atoms with Gasteiger partial charge < -0.3 is 9.80 Å². The molecule has 0 amide bonds. The molecule has 0 bridgehead atoms. The molecule has 0 saturated carbocycles. The Morgan fingerprint density at radius 3 is 1.25 bits per heavy atom. The van der Waals surface area contributed by atoms with Gasteiger partial charge in [0.05, 0.1) is 22.8 Å². The molecule has 0 N–H and O–H groups in total. The minimum atomic E-state index is -0.0264. The highest BCUT2D eigenvalue weighted by Gasteiger charge is 2.44. The third-order valence-electron chi connectivity index (χ3n) is 10.9. The fourth-order valence-corrected chi connectivity index (χ4v) is 8.19. The zero-order chi connectivity index (χ0) is 36.5. The fraction of sp³-hybridized carbons (Fsp3) is 0.167. The molecule has 5 aromatic carbocycles. The van der Waals surface area contributed by atoms with E-state index in [1.165, 1.54) is 50.3 Å². The van der Waals surface area contributed by atoms with E-state index in [4.69, 9.17) is 9.97 Å². The van der Waals surface area contributed by atoms with E-state index in [-0.39, 0.29) is 17.5 Å². The van der Waals surface area contributed by atoms with Gasteiger partial charge in [-0.1, -0.05) is 120 Å². The van der Waals surface area contributed by atoms with E-state index in [0.717, 1.165) is 33.9 Å². The van der Waals surface area contributed by atoms with Crippen molar-refractivity contribution in [3.8, 4) is 22.5 Å². The van der Waals surface area contributed by atoms with Crippen LogP contribution in [0.15, 0.2) is 152 Å². The van der Waals surface area contributed by atoms with Crippen LogP contribution in [0.1, 0.15) is 52.7 Å². The van der Waals surface area contributed by atoms with Crippen molar-refractivity contribution in [3.63, 3.8) is 0 Å². The fourth-order valence-electron chi connectivity index (χ4n) is 8.19. The molecular formula is C48H43BN4. The Kier molecular flexibility index (Phi) is 7.67. The topological polar surface area (TPSA) is 32.3 Å². The zero-order valence-corrected chi connectivity index (χ0v) is 31.3. The van der Waals surface area contributed by atoms with Gasteiger partial charge in [-0.2, -0.15) is 0 Å². The van der Waals surface area contributed by atoms with Crippen LogP contribution < -0.4 is 26.2 Å². The van der Waals surface area contributed by atoms with Crippen LogP contribution in [0, 0.1) is 0 Å². The van der Waals surface area contributed by atoms with E-state index < -0.39 is 0 Å². The molecule has 4 nitrogen and oxygen atoms in total. The second kappa shape index (κ2) is 12.3. The van der Waals surface area contributed by atoms with Gasteiger partial charge in [0.1, 0.15) is 0 Å². The number of anilines is 6. The van der Waals surface area contributed by atoms with Gasteiger partial charge >= 0.3 is 0 Å². The Hall–Kier alpha value is -5.94. The van der Waals surface area contributed by atoms with Crippen LogP contribution in [0.3, 0.4) is 0 Å². The van der Waals surface area contributed by atoms with E-state index in [1.54, 1.807) is 0 Å². The highest BCUT2D eigenvalue weighted by atomic mass is 15.2. The lowest BCUT2D eigenvalue weighted by Gasteiger charge is -2.45. The number of nitrogens with zero attached hydrogens (tertiary/aromatic N) is 4. The smallest absolute Gasteiger partial charge is 0.252 e. The molecular weight excluding hydrogens is 643 g/mol. The second-order valence-corrected chi connectivity index (χ2v) is 16.3. The summed E-state index contributed by atoms with van der Waals surface area (Å²) in [6, 6.07) is 51.0. The quantitative estimate of drug-likeness (QED) is 0.173. The molecule has 0 atom stereocenters. The number of hydrogen-bond donors (Lipinski definition) is 0. The molecule has 7 aromatic rings. The summed E-state index contributed by atoms with van der Waals surface area (Å²) in [5.74, 6) is 0. The van der Waals surface area contributed by atoms with E-state index in [0.29, 0.717) is 0 Å². The Bertz CT molecular complexity index is 2320. The van der Waals surface area contributed by atoms with Gasteiger partial charge in [0.25, 0.3) is 6.71 Å². The summed E-state index contributed by atoms with van der Waals surface area (Å²) in [7, 11) is 0. The largest absolute Gasteiger partial charge is 0.311 e. The molecule has 0 aliphatic carbocycles. The van der Waals surface area contributed by atoms with Crippen molar-refractivity contribution in [2.45, 2.75) is 52.4 Å². The molecule has 53 heavy (non-hydrogen) atoms. The minimum absolute atomic E-state index is 0.0264. The maximum Gasteiger partial charge on any atom is 0.252 e. The molecule has 0 saturated heterocycles. The Labute approximate surface area is 313 Å². The molecule has 9 rings (SSSR count). The van der Waals surface area contributed by atoms with Gasteiger partial charge in [-0.3, -0.25) is 9.97 Å². The summed E-state index contributed by atoms with van der Waals surface area (Å²) in [6.07, 6.45) is 3.77. The monoisotopic (exact) mass is 686 g/mol. The van der Waals surface area contributed by atoms with Crippen LogP contribution in [0.5, 0.6) is 0 Å². The van der Waals surface area contributed by atoms with Crippen LogP contribution in [-0.2, 0) is 10.8 Å². The van der Waals surface area contributed by atoms with Crippen molar-refractivity contribution >= 4 is 57.2 Å². The van der Waals surface area contributed by atoms with Gasteiger partial charge in [0.15, 0.2) is 0 Å². The van der Waals surface area contributed by atoms with E-state index in [2.05, 4.69) is 179 Å². The van der Waals surface area contributed by atoms with Crippen molar-refractivity contribution in [2.24, 2.45) is 0 Å². The summed E-state index contributed by atoms with van der Waals surface area (Å²) in [6.45, 7) is 13.8. The number of hydrogen-bond acceptors (Lipinski definition) is 4. The number of para-hydroxylation sites is 2. The van der Waals surface area contributed by atoms with Crippen LogP contribution in [0.25, 0.3) is 22.5 Å². The Balaban J connectivity index is 1.38. The second-order valence-electron chi connectivity index (χ2n) is 16.3. The Morgan fingerprint density at radius 1 is 0.415 bits per heavy atom. The first-order valence-corrected chi connectivity index (χ1v) is 18.6. The molecule has 0 radical (unpaired) electrons. The first kappa shape index (κ1) is 32.9. The Morgan fingerprint density at radius 2 is 0.830 bits per heavy atom. The predicted molar refractivity (Wildman–Crippen MR) is 224 cm³/mol. The third-order valence-corrected chi connectivity index (χ3v) is 10.9. The number of fused-ring (bicyclic) bond motifs is 4. The van der Waals surface area contributed by atoms with Crippen molar-refractivity contribution in [3.05, 3.63) is 163 Å². The molecule has 2 aromatic heterocycles. The summed E-state index contributed by atoms with van der Waals surface area (Å²) in [5, 5.41) is 0. The van der Waals surface area contributed by atoms with Gasteiger partial charge in [0.2, 0.25) is 0 Å². The maximum absolute atomic E-state index is 4.84. The first-order chi connectivity index (χ1) is 25.6. The SMILES string of the molecule is CC(C)(C)c1ccc2c(c1)N(c1ccccc1-c1ccccn1)c1cccc3c1B2c1ccc(C(C)(C)C)cc1N3c1ccccc1-c1ccccn1. The van der Waals surface area contributed by atoms with Crippen molar-refractivity contribution in [1.82, 2.24) is 9.97 Å². The van der Waals surface area contributed by atoms with Crippen LogP contribution in [0.4, 0.5) is 34.1 Å². The van der Waals surface area contributed by atoms with Crippen LogP contribution in [-0.4, -0.2) is 16.7 Å². The predicted octanol–water partition coefficient (Wildman–Crippen LogP) is 10.5. The zero-order valence-electron chi connectivity index (χ0n) is 31.3. The minimum Gasteiger partial charge on any atom is -0.311 e. The lowest BCUT2D eigenvalue weighted by Crippen LogP contribution is -2.61. The van der Waals surface area contributed by atoms with Gasteiger partial charge in [-0.25, -0.2) is 0 Å². The molecule has 4 heterocycles. The van der Waals surface area contributed by atoms with Crippen LogP contribution >= 0.6 is 0 Å². The van der Waals surface area contributed by atoms with Gasteiger partial charge in [-0.05, 0) is 99.0 Å². The molecule has 0 unspecified atom stereocenters. The highest BCUT2D eigenvalue weighted by molar-refractivity contribution is 7.00. The van der Waals surface area contributed by atoms with Crippen molar-refractivity contribution in [1.29, 1.82) is 0 Å². The third kappa shape index (κ3) is 5.45. The summed E-state index contributed by atoms with van der Waals surface area (Å²) < 4.78 is 0. The number of rotatable bonds is 4. The normalized spacial score (nSPS) is 13.4. The van der Waals surface area contributed by atoms with E-state index in [9.17, 15) is 0 Å². The molecule has 258 valence electrons.